The molecule has 6 rings (SSSR count). The molecule has 2 aromatic carbocycles. The van der Waals surface area contributed by atoms with E-state index in [-0.39, 0.29) is 17.2 Å². The predicted molar refractivity (Wildman–Crippen MR) is 111 cm³/mol. The number of carbonyl (C=O) groups excluding carboxylic acids is 1. The maximum Gasteiger partial charge on any atom is 0.224 e. The number of nitrogens with zero attached hydrogens (tertiary/aromatic N) is 2. The lowest BCUT2D eigenvalue weighted by Crippen LogP contribution is -2.53. The van der Waals surface area contributed by atoms with Crippen LogP contribution < -0.4 is 10.6 Å². The third-order valence-corrected chi connectivity index (χ3v) is 6.80. The largest absolute Gasteiger partial charge is 0.383 e. The molecule has 28 heavy (non-hydrogen) atoms. The summed E-state index contributed by atoms with van der Waals surface area (Å²) in [7, 11) is 1.98. The molecule has 3 aliphatic carbocycles. The number of rotatable bonds is 6. The van der Waals surface area contributed by atoms with Gasteiger partial charge in [-0.2, -0.15) is 5.10 Å². The summed E-state index contributed by atoms with van der Waals surface area (Å²) >= 11 is 0. The predicted octanol–water partition coefficient (Wildman–Crippen LogP) is 3.47. The Balaban J connectivity index is 1.21. The molecule has 0 aliphatic heterocycles. The van der Waals surface area contributed by atoms with Gasteiger partial charge in [0.05, 0.1) is 5.92 Å². The highest BCUT2D eigenvalue weighted by atomic mass is 16.2. The topological polar surface area (TPSA) is 59.0 Å². The van der Waals surface area contributed by atoms with Gasteiger partial charge < -0.3 is 10.6 Å². The number of benzene rings is 2. The summed E-state index contributed by atoms with van der Waals surface area (Å²) < 4.78 is 1.95. The van der Waals surface area contributed by atoms with Crippen molar-refractivity contribution in [2.45, 2.75) is 24.7 Å². The van der Waals surface area contributed by atoms with Gasteiger partial charge in [0.15, 0.2) is 0 Å². The standard InChI is InChI=1S/C23H26N4O/c1-27-20(10-12-26-27)23-11-9-17(15-23)21(23)22(28)25-14-13-24-19-8-4-6-16-5-2-3-7-18(16)19/h2-8,10,12,17,21,24H,9,11,13-15H2,1H3,(H,25,28). The van der Waals surface area contributed by atoms with E-state index < -0.39 is 0 Å². The Morgan fingerprint density at radius 3 is 2.86 bits per heavy atom. The Hall–Kier alpha value is -2.82. The molecule has 0 saturated heterocycles. The highest BCUT2D eigenvalue weighted by Crippen LogP contribution is 2.63. The Bertz CT molecular complexity index is 1020. The fourth-order valence-electron chi connectivity index (χ4n) is 5.56. The minimum absolute atomic E-state index is 0.00304. The number of hydrogen-bond acceptors (Lipinski definition) is 3. The average Bonchev–Trinajstić information content (AvgIpc) is 3.40. The molecule has 5 heteroatoms. The second-order valence-electron chi connectivity index (χ2n) is 8.22. The summed E-state index contributed by atoms with van der Waals surface area (Å²) in [5, 5.41) is 13.4. The molecule has 3 fully saturated rings. The van der Waals surface area contributed by atoms with Crippen LogP contribution in [0.4, 0.5) is 5.69 Å². The SMILES string of the molecule is Cn1nccc1C12CCC(C1)C2C(=O)NCCNc1cccc2ccccc12. The summed E-state index contributed by atoms with van der Waals surface area (Å²) in [6.07, 6.45) is 5.22. The first-order valence-corrected chi connectivity index (χ1v) is 10.2. The minimum Gasteiger partial charge on any atom is -0.383 e. The summed E-state index contributed by atoms with van der Waals surface area (Å²) in [6.45, 7) is 1.35. The maximum absolute atomic E-state index is 13.0. The third-order valence-electron chi connectivity index (χ3n) is 6.80. The molecule has 3 saturated carbocycles. The van der Waals surface area contributed by atoms with Crippen LogP contribution in [0.15, 0.2) is 54.7 Å². The van der Waals surface area contributed by atoms with Gasteiger partial charge in [-0.1, -0.05) is 36.4 Å². The quantitative estimate of drug-likeness (QED) is 0.650. The highest BCUT2D eigenvalue weighted by molar-refractivity contribution is 5.93. The zero-order chi connectivity index (χ0) is 19.1. The second kappa shape index (κ2) is 6.66. The van der Waals surface area contributed by atoms with Crippen LogP contribution in [-0.4, -0.2) is 28.8 Å². The van der Waals surface area contributed by atoms with Gasteiger partial charge in [0.1, 0.15) is 0 Å². The van der Waals surface area contributed by atoms with Gasteiger partial charge in [-0.15, -0.1) is 0 Å². The molecular weight excluding hydrogens is 348 g/mol. The first-order valence-electron chi connectivity index (χ1n) is 10.2. The third kappa shape index (κ3) is 2.60. The molecule has 2 bridgehead atoms. The van der Waals surface area contributed by atoms with Crippen LogP contribution in [0.1, 0.15) is 25.0 Å². The van der Waals surface area contributed by atoms with E-state index in [4.69, 9.17) is 0 Å². The summed E-state index contributed by atoms with van der Waals surface area (Å²) in [5.41, 5.74) is 2.33. The number of hydrogen-bond donors (Lipinski definition) is 2. The number of carbonyl (C=O) groups is 1. The number of anilines is 1. The van der Waals surface area contributed by atoms with Crippen molar-refractivity contribution in [1.29, 1.82) is 0 Å². The average molecular weight is 374 g/mol. The van der Waals surface area contributed by atoms with Gasteiger partial charge in [0.25, 0.3) is 0 Å². The van der Waals surface area contributed by atoms with Crippen molar-refractivity contribution >= 4 is 22.4 Å². The molecule has 5 nitrogen and oxygen atoms in total. The molecule has 3 aliphatic rings. The maximum atomic E-state index is 13.0. The van der Waals surface area contributed by atoms with Crippen molar-refractivity contribution in [3.05, 3.63) is 60.4 Å². The number of nitrogens with one attached hydrogen (secondary N) is 2. The fourth-order valence-corrected chi connectivity index (χ4v) is 5.56. The van der Waals surface area contributed by atoms with E-state index in [1.807, 2.05) is 17.9 Å². The first-order chi connectivity index (χ1) is 13.7. The van der Waals surface area contributed by atoms with Crippen molar-refractivity contribution in [1.82, 2.24) is 15.1 Å². The van der Waals surface area contributed by atoms with E-state index in [0.29, 0.717) is 12.5 Å². The van der Waals surface area contributed by atoms with Crippen molar-refractivity contribution in [2.24, 2.45) is 18.9 Å². The summed E-state index contributed by atoms with van der Waals surface area (Å²) in [5.74, 6) is 0.830. The Kier molecular flexibility index (Phi) is 4.11. The van der Waals surface area contributed by atoms with Crippen LogP contribution >= 0.6 is 0 Å². The molecule has 1 amide bonds. The van der Waals surface area contributed by atoms with Crippen LogP contribution in [0.3, 0.4) is 0 Å². The molecule has 3 unspecified atom stereocenters. The molecule has 0 radical (unpaired) electrons. The van der Waals surface area contributed by atoms with E-state index in [1.165, 1.54) is 16.5 Å². The molecule has 1 heterocycles. The second-order valence-corrected chi connectivity index (χ2v) is 8.22. The monoisotopic (exact) mass is 374 g/mol. The van der Waals surface area contributed by atoms with Gasteiger partial charge in [0, 0.05) is 48.5 Å². The molecule has 1 aromatic heterocycles. The molecule has 0 spiro atoms. The van der Waals surface area contributed by atoms with Crippen LogP contribution in [0, 0.1) is 11.8 Å². The highest BCUT2D eigenvalue weighted by Gasteiger charge is 2.63. The van der Waals surface area contributed by atoms with E-state index in [0.717, 1.165) is 31.5 Å². The minimum atomic E-state index is 0.00304. The Morgan fingerprint density at radius 1 is 1.18 bits per heavy atom. The van der Waals surface area contributed by atoms with Crippen molar-refractivity contribution in [2.75, 3.05) is 18.4 Å². The zero-order valence-corrected chi connectivity index (χ0v) is 16.2. The number of aromatic nitrogens is 2. The van der Waals surface area contributed by atoms with Crippen LogP contribution in [-0.2, 0) is 17.3 Å². The van der Waals surface area contributed by atoms with Crippen molar-refractivity contribution < 1.29 is 4.79 Å². The van der Waals surface area contributed by atoms with Gasteiger partial charge in [-0.05, 0) is 42.7 Å². The van der Waals surface area contributed by atoms with Crippen LogP contribution in [0.2, 0.25) is 0 Å². The van der Waals surface area contributed by atoms with Crippen LogP contribution in [0.5, 0.6) is 0 Å². The van der Waals surface area contributed by atoms with Gasteiger partial charge in [-0.25, -0.2) is 0 Å². The van der Waals surface area contributed by atoms with Gasteiger partial charge in [0.2, 0.25) is 5.91 Å². The number of aryl methyl sites for hydroxylation is 1. The van der Waals surface area contributed by atoms with Crippen molar-refractivity contribution in [3.63, 3.8) is 0 Å². The summed E-state index contributed by atoms with van der Waals surface area (Å²) in [6, 6.07) is 16.7. The molecule has 144 valence electrons. The molecule has 3 aromatic rings. The lowest BCUT2D eigenvalue weighted by atomic mass is 9.58. The smallest absolute Gasteiger partial charge is 0.224 e. The van der Waals surface area contributed by atoms with Gasteiger partial charge in [-0.3, -0.25) is 9.48 Å². The lowest BCUT2D eigenvalue weighted by Gasteiger charge is -2.46. The Morgan fingerprint density at radius 2 is 2.04 bits per heavy atom. The van der Waals surface area contributed by atoms with E-state index >= 15 is 0 Å². The molecular formula is C23H26N4O. The number of amides is 1. The van der Waals surface area contributed by atoms with Crippen LogP contribution in [0.25, 0.3) is 10.8 Å². The number of fused-ring (bicyclic) bond motifs is 2. The fraction of sp³-hybridized carbons (Fsp3) is 0.391. The van der Waals surface area contributed by atoms with Gasteiger partial charge >= 0.3 is 0 Å². The normalized spacial score (nSPS) is 25.5. The Labute approximate surface area is 165 Å². The molecule has 3 atom stereocenters. The first kappa shape index (κ1) is 17.3. The van der Waals surface area contributed by atoms with Crippen molar-refractivity contribution in [3.8, 4) is 0 Å². The van der Waals surface area contributed by atoms with E-state index in [9.17, 15) is 4.79 Å². The van der Waals surface area contributed by atoms with E-state index in [1.54, 1.807) is 0 Å². The summed E-state index contributed by atoms with van der Waals surface area (Å²) in [4.78, 5) is 13.0. The zero-order valence-electron chi connectivity index (χ0n) is 16.2. The van der Waals surface area contributed by atoms with E-state index in [2.05, 4.69) is 64.3 Å². The lowest BCUT2D eigenvalue weighted by molar-refractivity contribution is -0.132. The molecule has 2 N–H and O–H groups in total.